The molecular weight excluding hydrogens is 292 g/mol. The molecule has 0 heterocycles. The predicted octanol–water partition coefficient (Wildman–Crippen LogP) is 4.40. The number of hydrogen-bond acceptors (Lipinski definition) is 3. The molecule has 0 spiro atoms. The van der Waals surface area contributed by atoms with Crippen molar-refractivity contribution >= 4 is 17.3 Å². The van der Waals surface area contributed by atoms with E-state index in [4.69, 9.17) is 16.3 Å². The summed E-state index contributed by atoms with van der Waals surface area (Å²) in [6.07, 6.45) is 0. The molecular formula is C13H8ClF2NO3. The van der Waals surface area contributed by atoms with Crippen LogP contribution in [0.15, 0.2) is 36.4 Å². The van der Waals surface area contributed by atoms with Crippen molar-refractivity contribution in [3.63, 3.8) is 0 Å². The van der Waals surface area contributed by atoms with Crippen LogP contribution < -0.4 is 4.74 Å². The quantitative estimate of drug-likeness (QED) is 0.477. The van der Waals surface area contributed by atoms with Crippen LogP contribution in [0.1, 0.15) is 5.56 Å². The lowest BCUT2D eigenvalue weighted by atomic mass is 10.2. The maximum atomic E-state index is 13.6. The number of halogens is 3. The highest BCUT2D eigenvalue weighted by atomic mass is 35.5. The Bertz CT molecular complexity index is 664. The van der Waals surface area contributed by atoms with Crippen LogP contribution in [0, 0.1) is 21.7 Å². The molecule has 0 unspecified atom stereocenters. The minimum Gasteiger partial charge on any atom is -0.451 e. The SMILES string of the molecule is O=[N+]([O-])c1ccc(Oc2ccc(CCl)cc2F)c(F)c1. The maximum Gasteiger partial charge on any atom is 0.272 e. The lowest BCUT2D eigenvalue weighted by Gasteiger charge is -2.08. The zero-order chi connectivity index (χ0) is 14.7. The minimum absolute atomic E-state index is 0.142. The van der Waals surface area contributed by atoms with E-state index in [2.05, 4.69) is 0 Å². The topological polar surface area (TPSA) is 52.4 Å². The Morgan fingerprint density at radius 2 is 1.70 bits per heavy atom. The molecule has 0 bridgehead atoms. The van der Waals surface area contributed by atoms with Gasteiger partial charge in [-0.05, 0) is 23.8 Å². The van der Waals surface area contributed by atoms with Gasteiger partial charge in [-0.2, -0.15) is 0 Å². The molecule has 0 atom stereocenters. The van der Waals surface area contributed by atoms with Gasteiger partial charge in [0, 0.05) is 11.9 Å². The molecule has 0 amide bonds. The highest BCUT2D eigenvalue weighted by Crippen LogP contribution is 2.29. The molecule has 0 fully saturated rings. The first-order valence-corrected chi connectivity index (χ1v) is 6.01. The number of nitro groups is 1. The molecule has 4 nitrogen and oxygen atoms in total. The van der Waals surface area contributed by atoms with E-state index in [0.717, 1.165) is 12.1 Å². The molecule has 20 heavy (non-hydrogen) atoms. The lowest BCUT2D eigenvalue weighted by molar-refractivity contribution is -0.385. The van der Waals surface area contributed by atoms with E-state index >= 15 is 0 Å². The third kappa shape index (κ3) is 3.03. The average Bonchev–Trinajstić information content (AvgIpc) is 2.42. The molecule has 0 aliphatic rings. The van der Waals surface area contributed by atoms with Crippen molar-refractivity contribution in [2.75, 3.05) is 0 Å². The molecule has 2 aromatic carbocycles. The first kappa shape index (κ1) is 14.2. The van der Waals surface area contributed by atoms with Gasteiger partial charge in [-0.3, -0.25) is 10.1 Å². The van der Waals surface area contributed by atoms with Crippen LogP contribution in [-0.4, -0.2) is 4.92 Å². The fraction of sp³-hybridized carbons (Fsp3) is 0.0769. The van der Waals surface area contributed by atoms with E-state index in [1.165, 1.54) is 18.2 Å². The van der Waals surface area contributed by atoms with Gasteiger partial charge in [0.25, 0.3) is 5.69 Å². The molecule has 0 N–H and O–H groups in total. The highest BCUT2D eigenvalue weighted by Gasteiger charge is 2.14. The Kier molecular flexibility index (Phi) is 4.14. The third-order valence-corrected chi connectivity index (χ3v) is 2.81. The number of nitrogens with zero attached hydrogens (tertiary/aromatic N) is 1. The number of hydrogen-bond donors (Lipinski definition) is 0. The Hall–Kier alpha value is -2.21. The van der Waals surface area contributed by atoms with Crippen molar-refractivity contribution in [2.45, 2.75) is 5.88 Å². The largest absolute Gasteiger partial charge is 0.451 e. The van der Waals surface area contributed by atoms with Gasteiger partial charge in [0.05, 0.1) is 11.0 Å². The highest BCUT2D eigenvalue weighted by molar-refractivity contribution is 6.17. The number of non-ortho nitro benzene ring substituents is 1. The standard InChI is InChI=1S/C13H8ClF2NO3/c14-7-8-1-3-12(10(15)5-8)20-13-4-2-9(17(18)19)6-11(13)16/h1-6H,7H2. The zero-order valence-electron chi connectivity index (χ0n) is 9.98. The molecule has 0 radical (unpaired) electrons. The van der Waals surface area contributed by atoms with E-state index in [0.29, 0.717) is 11.6 Å². The summed E-state index contributed by atoms with van der Waals surface area (Å²) in [6, 6.07) is 6.88. The van der Waals surface area contributed by atoms with Crippen LogP contribution in [0.4, 0.5) is 14.5 Å². The van der Waals surface area contributed by atoms with Gasteiger partial charge in [-0.25, -0.2) is 8.78 Å². The second-order valence-electron chi connectivity index (χ2n) is 3.87. The van der Waals surface area contributed by atoms with Crippen LogP contribution in [0.5, 0.6) is 11.5 Å². The molecule has 0 aliphatic heterocycles. The molecule has 0 aromatic heterocycles. The van der Waals surface area contributed by atoms with Gasteiger partial charge in [0.1, 0.15) is 0 Å². The van der Waals surface area contributed by atoms with E-state index in [-0.39, 0.29) is 17.4 Å². The molecule has 0 saturated carbocycles. The van der Waals surface area contributed by atoms with E-state index in [9.17, 15) is 18.9 Å². The summed E-state index contributed by atoms with van der Waals surface area (Å²) in [5.74, 6) is -1.98. The summed E-state index contributed by atoms with van der Waals surface area (Å²) in [5.41, 5.74) is 0.147. The Labute approximate surface area is 117 Å². The van der Waals surface area contributed by atoms with Crippen molar-refractivity contribution in [1.29, 1.82) is 0 Å². The predicted molar refractivity (Wildman–Crippen MR) is 69.1 cm³/mol. The average molecular weight is 300 g/mol. The van der Waals surface area contributed by atoms with Crippen LogP contribution in [-0.2, 0) is 5.88 Å². The molecule has 2 rings (SSSR count). The van der Waals surface area contributed by atoms with Gasteiger partial charge in [-0.15, -0.1) is 11.6 Å². The van der Waals surface area contributed by atoms with Crippen LogP contribution in [0.3, 0.4) is 0 Å². The number of alkyl halides is 1. The van der Waals surface area contributed by atoms with E-state index in [1.807, 2.05) is 0 Å². The summed E-state index contributed by atoms with van der Waals surface area (Å²) < 4.78 is 32.3. The maximum absolute atomic E-state index is 13.6. The number of benzene rings is 2. The van der Waals surface area contributed by atoms with Crippen molar-refractivity contribution < 1.29 is 18.4 Å². The van der Waals surface area contributed by atoms with Crippen LogP contribution in [0.2, 0.25) is 0 Å². The van der Waals surface area contributed by atoms with Crippen molar-refractivity contribution in [2.24, 2.45) is 0 Å². The minimum atomic E-state index is -0.944. The van der Waals surface area contributed by atoms with Gasteiger partial charge in [0.2, 0.25) is 0 Å². The number of rotatable bonds is 4. The van der Waals surface area contributed by atoms with Gasteiger partial charge in [-0.1, -0.05) is 6.07 Å². The Morgan fingerprint density at radius 3 is 2.20 bits per heavy atom. The second kappa shape index (κ2) is 5.83. The summed E-state index contributed by atoms with van der Waals surface area (Å²) in [7, 11) is 0. The summed E-state index contributed by atoms with van der Waals surface area (Å²) in [4.78, 5) is 9.74. The fourth-order valence-electron chi connectivity index (χ4n) is 1.51. The lowest BCUT2D eigenvalue weighted by Crippen LogP contribution is -1.94. The molecule has 0 aliphatic carbocycles. The number of nitro benzene ring substituents is 1. The first-order valence-electron chi connectivity index (χ1n) is 5.47. The molecule has 0 saturated heterocycles. The Morgan fingerprint density at radius 1 is 1.10 bits per heavy atom. The smallest absolute Gasteiger partial charge is 0.272 e. The third-order valence-electron chi connectivity index (χ3n) is 2.50. The zero-order valence-corrected chi connectivity index (χ0v) is 10.7. The van der Waals surface area contributed by atoms with E-state index < -0.39 is 22.2 Å². The molecule has 2 aromatic rings. The molecule has 7 heteroatoms. The van der Waals surface area contributed by atoms with Crippen LogP contribution >= 0.6 is 11.6 Å². The summed E-state index contributed by atoms with van der Waals surface area (Å²) >= 11 is 5.55. The van der Waals surface area contributed by atoms with Gasteiger partial charge < -0.3 is 4.74 Å². The van der Waals surface area contributed by atoms with Gasteiger partial charge in [0.15, 0.2) is 23.1 Å². The fourth-order valence-corrected chi connectivity index (χ4v) is 1.68. The monoisotopic (exact) mass is 299 g/mol. The normalized spacial score (nSPS) is 10.3. The Balaban J connectivity index is 2.28. The van der Waals surface area contributed by atoms with Crippen molar-refractivity contribution in [1.82, 2.24) is 0 Å². The van der Waals surface area contributed by atoms with Gasteiger partial charge >= 0.3 is 0 Å². The van der Waals surface area contributed by atoms with Crippen molar-refractivity contribution in [3.8, 4) is 11.5 Å². The summed E-state index contributed by atoms with van der Waals surface area (Å²) in [5, 5.41) is 10.5. The van der Waals surface area contributed by atoms with Crippen LogP contribution in [0.25, 0.3) is 0 Å². The second-order valence-corrected chi connectivity index (χ2v) is 4.14. The van der Waals surface area contributed by atoms with E-state index in [1.54, 1.807) is 0 Å². The number of ether oxygens (including phenoxy) is 1. The molecule has 104 valence electrons. The van der Waals surface area contributed by atoms with Crippen molar-refractivity contribution in [3.05, 3.63) is 63.7 Å². The first-order chi connectivity index (χ1) is 9.51. The summed E-state index contributed by atoms with van der Waals surface area (Å²) in [6.45, 7) is 0.